The van der Waals surface area contributed by atoms with Crippen molar-refractivity contribution in [2.45, 2.75) is 71.8 Å². The van der Waals surface area contributed by atoms with Crippen LogP contribution >= 0.6 is 0 Å². The van der Waals surface area contributed by atoms with Gasteiger partial charge >= 0.3 is 0 Å². The predicted molar refractivity (Wildman–Crippen MR) is 165 cm³/mol. The lowest BCUT2D eigenvalue weighted by molar-refractivity contribution is -0.217. The molecule has 2 N–H and O–H groups in total. The van der Waals surface area contributed by atoms with Gasteiger partial charge in [0.25, 0.3) is 11.5 Å². The number of amides is 1. The molecule has 0 saturated carbocycles. The Morgan fingerprint density at radius 3 is 2.45 bits per heavy atom. The van der Waals surface area contributed by atoms with Crippen molar-refractivity contribution in [3.63, 3.8) is 0 Å². The summed E-state index contributed by atoms with van der Waals surface area (Å²) in [6, 6.07) is 15.8. The minimum atomic E-state index is -0.176. The molecular formula is C34H42N4O4. The van der Waals surface area contributed by atoms with Gasteiger partial charge in [-0.25, -0.2) is 0 Å². The Kier molecular flexibility index (Phi) is 8.21. The highest BCUT2D eigenvalue weighted by atomic mass is 16.5. The number of benzene rings is 2. The molecule has 4 heterocycles. The minimum Gasteiger partial charge on any atom is -0.381 e. The fraction of sp³-hybridized carbons (Fsp3) is 0.471. The molecule has 0 bridgehead atoms. The summed E-state index contributed by atoms with van der Waals surface area (Å²) in [5, 5.41) is 3.04. The van der Waals surface area contributed by atoms with Crippen LogP contribution in [-0.4, -0.2) is 66.9 Å². The number of nitrogens with one attached hydrogen (secondary N) is 2. The summed E-state index contributed by atoms with van der Waals surface area (Å²) in [5.74, 6) is -0.176. The van der Waals surface area contributed by atoms with E-state index in [0.29, 0.717) is 29.3 Å². The minimum absolute atomic E-state index is 0.158. The summed E-state index contributed by atoms with van der Waals surface area (Å²) in [6.45, 7) is 13.3. The standard InChI is InChI=1S/C34H42N4O4/c1-5-38(27-10-12-41-13-11-27)30-16-26(25-8-6-24(7-9-25)18-37-19-32-31(37)20-42-32)15-28(23(30)4)33(39)35-17-29-21(2)14-22(3)36-34(29)40/h6-9,14-16,27,31-32H,5,10-13,17-20H2,1-4H3,(H,35,39)(H,36,40)/t31-,32?/m1/s1. The molecule has 6 rings (SSSR count). The number of aromatic amines is 1. The smallest absolute Gasteiger partial charge is 0.253 e. The third-order valence-corrected chi connectivity index (χ3v) is 9.29. The molecule has 3 aromatic rings. The van der Waals surface area contributed by atoms with Crippen LogP contribution in [0.5, 0.6) is 0 Å². The van der Waals surface area contributed by atoms with Gasteiger partial charge in [0.2, 0.25) is 0 Å². The summed E-state index contributed by atoms with van der Waals surface area (Å²) < 4.78 is 11.2. The topological polar surface area (TPSA) is 86.9 Å². The first kappa shape index (κ1) is 28.6. The number of ether oxygens (including phenoxy) is 2. The summed E-state index contributed by atoms with van der Waals surface area (Å²) in [4.78, 5) is 34.1. The van der Waals surface area contributed by atoms with E-state index in [1.54, 1.807) is 0 Å². The Bertz CT molecular complexity index is 1510. The van der Waals surface area contributed by atoms with Gasteiger partial charge in [0.15, 0.2) is 0 Å². The van der Waals surface area contributed by atoms with Crippen LogP contribution < -0.4 is 15.8 Å². The summed E-state index contributed by atoms with van der Waals surface area (Å²) >= 11 is 0. The quantitative estimate of drug-likeness (QED) is 0.395. The van der Waals surface area contributed by atoms with Gasteiger partial charge in [0.05, 0.1) is 18.8 Å². The van der Waals surface area contributed by atoms with Crippen molar-refractivity contribution in [1.82, 2.24) is 15.2 Å². The predicted octanol–water partition coefficient (Wildman–Crippen LogP) is 4.49. The van der Waals surface area contributed by atoms with Crippen molar-refractivity contribution in [2.24, 2.45) is 0 Å². The molecule has 8 heteroatoms. The molecule has 0 aliphatic carbocycles. The van der Waals surface area contributed by atoms with Crippen molar-refractivity contribution in [3.05, 3.63) is 86.3 Å². The number of hydrogen-bond donors (Lipinski definition) is 2. The van der Waals surface area contributed by atoms with Crippen molar-refractivity contribution in [3.8, 4) is 11.1 Å². The first-order valence-corrected chi connectivity index (χ1v) is 15.2. The number of morpholine rings is 1. The second kappa shape index (κ2) is 12.0. The van der Waals surface area contributed by atoms with Crippen LogP contribution in [0.1, 0.15) is 58.1 Å². The van der Waals surface area contributed by atoms with E-state index < -0.39 is 0 Å². The molecule has 1 unspecified atom stereocenters. The fourth-order valence-corrected chi connectivity index (χ4v) is 6.67. The Morgan fingerprint density at radius 1 is 1.07 bits per heavy atom. The van der Waals surface area contributed by atoms with E-state index in [2.05, 4.69) is 57.4 Å². The fourth-order valence-electron chi connectivity index (χ4n) is 6.67. The average molecular weight is 571 g/mol. The molecule has 3 aliphatic rings. The first-order valence-electron chi connectivity index (χ1n) is 15.2. The Labute approximate surface area is 248 Å². The van der Waals surface area contributed by atoms with Gasteiger partial charge in [-0.05, 0) is 86.6 Å². The number of aromatic nitrogens is 1. The number of fused-ring (bicyclic) bond motifs is 1. The lowest BCUT2D eigenvalue weighted by Crippen LogP contribution is -2.69. The number of nitrogens with zero attached hydrogens (tertiary/aromatic N) is 2. The number of H-pyrrole nitrogens is 1. The molecule has 3 saturated heterocycles. The normalized spacial score (nSPS) is 20.4. The molecule has 0 spiro atoms. The number of likely N-dealkylation sites (tertiary alicyclic amines) is 1. The van der Waals surface area contributed by atoms with Crippen LogP contribution in [0.15, 0.2) is 47.3 Å². The molecule has 2 atom stereocenters. The Morgan fingerprint density at radius 2 is 1.83 bits per heavy atom. The molecule has 3 aliphatic heterocycles. The largest absolute Gasteiger partial charge is 0.381 e. The molecular weight excluding hydrogens is 528 g/mol. The number of carbonyl (C=O) groups excluding carboxylic acids is 1. The van der Waals surface area contributed by atoms with Gasteiger partial charge in [0.1, 0.15) is 0 Å². The second-order valence-electron chi connectivity index (χ2n) is 12.0. The highest BCUT2D eigenvalue weighted by Crippen LogP contribution is 2.35. The SMILES string of the molecule is CCN(c1cc(-c2ccc(CN3CC4OC[C@H]43)cc2)cc(C(=O)NCc2c(C)cc(C)[nH]c2=O)c1C)C1CCOCC1. The van der Waals surface area contributed by atoms with Crippen molar-refractivity contribution in [2.75, 3.05) is 37.8 Å². The van der Waals surface area contributed by atoms with E-state index in [4.69, 9.17) is 9.47 Å². The number of anilines is 1. The van der Waals surface area contributed by atoms with E-state index in [1.165, 1.54) is 5.56 Å². The zero-order valence-electron chi connectivity index (χ0n) is 25.2. The van der Waals surface area contributed by atoms with Gasteiger partial charge in [0, 0.05) is 67.9 Å². The van der Waals surface area contributed by atoms with Crippen LogP contribution in [0.4, 0.5) is 5.69 Å². The van der Waals surface area contributed by atoms with Crippen molar-refractivity contribution >= 4 is 11.6 Å². The highest BCUT2D eigenvalue weighted by molar-refractivity contribution is 5.99. The number of carbonyl (C=O) groups is 1. The van der Waals surface area contributed by atoms with Crippen molar-refractivity contribution in [1.29, 1.82) is 0 Å². The Balaban J connectivity index is 1.30. The third-order valence-electron chi connectivity index (χ3n) is 9.29. The van der Waals surface area contributed by atoms with Crippen LogP contribution in [0.3, 0.4) is 0 Å². The molecule has 222 valence electrons. The van der Waals surface area contributed by atoms with Gasteiger partial charge in [-0.2, -0.15) is 0 Å². The van der Waals surface area contributed by atoms with E-state index >= 15 is 0 Å². The summed E-state index contributed by atoms with van der Waals surface area (Å²) in [6.07, 6.45) is 2.37. The maximum absolute atomic E-state index is 13.8. The Hall–Kier alpha value is -3.46. The monoisotopic (exact) mass is 570 g/mol. The number of aryl methyl sites for hydroxylation is 2. The molecule has 3 fully saturated rings. The van der Waals surface area contributed by atoms with Crippen LogP contribution in [0, 0.1) is 20.8 Å². The average Bonchev–Trinajstić information content (AvgIpc) is 2.97. The lowest BCUT2D eigenvalue weighted by atomic mass is 9.93. The van der Waals surface area contributed by atoms with Gasteiger partial charge < -0.3 is 24.7 Å². The van der Waals surface area contributed by atoms with Crippen molar-refractivity contribution < 1.29 is 14.3 Å². The number of hydrogen-bond acceptors (Lipinski definition) is 6. The van der Waals surface area contributed by atoms with Crippen LogP contribution in [0.25, 0.3) is 11.1 Å². The molecule has 1 amide bonds. The summed E-state index contributed by atoms with van der Waals surface area (Å²) in [7, 11) is 0. The molecule has 0 radical (unpaired) electrons. The van der Waals surface area contributed by atoms with E-state index in [1.807, 2.05) is 32.9 Å². The highest BCUT2D eigenvalue weighted by Gasteiger charge is 2.46. The number of pyridine rings is 1. The molecule has 42 heavy (non-hydrogen) atoms. The lowest BCUT2D eigenvalue weighted by Gasteiger charge is -2.55. The van der Waals surface area contributed by atoms with Gasteiger partial charge in [-0.1, -0.05) is 24.3 Å². The van der Waals surface area contributed by atoms with E-state index in [0.717, 1.165) is 85.9 Å². The first-order chi connectivity index (χ1) is 20.3. The van der Waals surface area contributed by atoms with Crippen LogP contribution in [-0.2, 0) is 22.6 Å². The molecule has 1 aromatic heterocycles. The second-order valence-corrected chi connectivity index (χ2v) is 12.0. The zero-order chi connectivity index (χ0) is 29.4. The number of rotatable bonds is 9. The molecule has 2 aromatic carbocycles. The van der Waals surface area contributed by atoms with E-state index in [9.17, 15) is 9.59 Å². The summed E-state index contributed by atoms with van der Waals surface area (Å²) in [5.41, 5.74) is 8.15. The molecule has 8 nitrogen and oxygen atoms in total. The zero-order valence-corrected chi connectivity index (χ0v) is 25.2. The maximum Gasteiger partial charge on any atom is 0.253 e. The van der Waals surface area contributed by atoms with Crippen LogP contribution in [0.2, 0.25) is 0 Å². The van der Waals surface area contributed by atoms with E-state index in [-0.39, 0.29) is 18.0 Å². The third kappa shape index (κ3) is 5.63. The van der Waals surface area contributed by atoms with Gasteiger partial charge in [-0.15, -0.1) is 0 Å². The maximum atomic E-state index is 13.8. The van der Waals surface area contributed by atoms with Gasteiger partial charge in [-0.3, -0.25) is 14.5 Å².